The van der Waals surface area contributed by atoms with Gasteiger partial charge in [-0.3, -0.25) is 4.79 Å². The van der Waals surface area contributed by atoms with Crippen LogP contribution in [-0.4, -0.2) is 51.2 Å². The number of nitrogens with one attached hydrogen (secondary N) is 1. The predicted octanol–water partition coefficient (Wildman–Crippen LogP) is 1.61. The average Bonchev–Trinajstić information content (AvgIpc) is 2.53. The molecule has 1 aromatic rings. The molecule has 0 aromatic heterocycles. The zero-order valence-corrected chi connectivity index (χ0v) is 15.4. The molecule has 1 atom stereocenters. The van der Waals surface area contributed by atoms with Crippen molar-refractivity contribution >= 4 is 15.9 Å². The molecule has 24 heavy (non-hydrogen) atoms. The van der Waals surface area contributed by atoms with Gasteiger partial charge in [-0.05, 0) is 56.4 Å². The second-order valence-corrected chi connectivity index (χ2v) is 8.23. The quantitative estimate of drug-likeness (QED) is 0.842. The first-order chi connectivity index (χ1) is 11.3. The maximum absolute atomic E-state index is 12.5. The lowest BCUT2D eigenvalue weighted by atomic mass is 10.0. The van der Waals surface area contributed by atoms with E-state index in [1.807, 2.05) is 32.0 Å². The molecule has 1 aromatic carbocycles. The van der Waals surface area contributed by atoms with Gasteiger partial charge in [0, 0.05) is 19.1 Å². The third kappa shape index (κ3) is 5.49. The zero-order valence-electron chi connectivity index (χ0n) is 14.5. The minimum absolute atomic E-state index is 0.0299. The van der Waals surface area contributed by atoms with E-state index in [1.165, 1.54) is 5.56 Å². The van der Waals surface area contributed by atoms with E-state index in [1.54, 1.807) is 4.90 Å². The first kappa shape index (κ1) is 18.7. The number of amides is 1. The molecule has 134 valence electrons. The fourth-order valence-electron chi connectivity index (χ4n) is 2.82. The molecule has 0 spiro atoms. The lowest BCUT2D eigenvalue weighted by molar-refractivity contribution is -0.136. The van der Waals surface area contributed by atoms with Gasteiger partial charge in [0.1, 0.15) is 5.75 Å². The van der Waals surface area contributed by atoms with E-state index in [0.717, 1.165) is 31.1 Å². The molecule has 7 heteroatoms. The molecular formula is C17H26N2O4S. The highest BCUT2D eigenvalue weighted by atomic mass is 32.2. The van der Waals surface area contributed by atoms with Gasteiger partial charge in [0.05, 0.1) is 6.26 Å². The maximum atomic E-state index is 12.5. The number of nitrogens with zero attached hydrogens (tertiary/aromatic N) is 1. The summed E-state index contributed by atoms with van der Waals surface area (Å²) in [5.41, 5.74) is 2.30. The molecule has 0 aliphatic carbocycles. The molecule has 0 unspecified atom stereocenters. The van der Waals surface area contributed by atoms with E-state index in [2.05, 4.69) is 4.72 Å². The zero-order chi connectivity index (χ0) is 17.7. The second kappa shape index (κ2) is 7.98. The summed E-state index contributed by atoms with van der Waals surface area (Å²) in [6, 6.07) is 5.63. The summed E-state index contributed by atoms with van der Waals surface area (Å²) < 4.78 is 30.7. The molecule has 2 rings (SSSR count). The number of hydrogen-bond acceptors (Lipinski definition) is 4. The normalized spacial score (nSPS) is 18.5. The minimum Gasteiger partial charge on any atom is -0.484 e. The van der Waals surface area contributed by atoms with E-state index < -0.39 is 10.0 Å². The van der Waals surface area contributed by atoms with Crippen molar-refractivity contribution in [2.24, 2.45) is 0 Å². The van der Waals surface area contributed by atoms with Crippen LogP contribution >= 0.6 is 0 Å². The van der Waals surface area contributed by atoms with Gasteiger partial charge in [-0.15, -0.1) is 0 Å². The predicted molar refractivity (Wildman–Crippen MR) is 93.6 cm³/mol. The number of sulfonamides is 1. The summed E-state index contributed by atoms with van der Waals surface area (Å²) >= 11 is 0. The van der Waals surface area contributed by atoms with Crippen LogP contribution in [0.15, 0.2) is 18.2 Å². The summed E-state index contributed by atoms with van der Waals surface area (Å²) in [6.45, 7) is 4.90. The van der Waals surface area contributed by atoms with Crippen LogP contribution in [0.5, 0.6) is 5.75 Å². The number of hydrogen-bond donors (Lipinski definition) is 1. The van der Waals surface area contributed by atoms with Crippen molar-refractivity contribution in [2.75, 3.05) is 26.0 Å². The Kier molecular flexibility index (Phi) is 6.23. The van der Waals surface area contributed by atoms with Crippen molar-refractivity contribution < 1.29 is 17.9 Å². The van der Waals surface area contributed by atoms with Gasteiger partial charge >= 0.3 is 0 Å². The summed E-state index contributed by atoms with van der Waals surface area (Å²) in [5, 5.41) is 0. The summed E-state index contributed by atoms with van der Waals surface area (Å²) in [7, 11) is -3.26. The van der Waals surface area contributed by atoms with Gasteiger partial charge < -0.3 is 9.64 Å². The van der Waals surface area contributed by atoms with Crippen LogP contribution in [0.4, 0.5) is 0 Å². The standard InChI is InChI=1S/C17H26N2O4S/c1-13-7-8-16(10-14(13)2)23-12-17(20)19-9-5-4-6-15(19)11-18-24(3,21)22/h7-8,10,15,18H,4-6,9,11-12H2,1-3H3/t15-/m0/s1. The van der Waals surface area contributed by atoms with Crippen LogP contribution in [0.2, 0.25) is 0 Å². The maximum Gasteiger partial charge on any atom is 0.260 e. The Morgan fingerprint density at radius 3 is 2.71 bits per heavy atom. The molecule has 6 nitrogen and oxygen atoms in total. The molecule has 1 aliphatic heterocycles. The van der Waals surface area contributed by atoms with E-state index in [9.17, 15) is 13.2 Å². The number of ether oxygens (including phenoxy) is 1. The fraction of sp³-hybridized carbons (Fsp3) is 0.588. The molecule has 1 N–H and O–H groups in total. The topological polar surface area (TPSA) is 75.7 Å². The molecule has 1 amide bonds. The van der Waals surface area contributed by atoms with Crippen molar-refractivity contribution in [1.29, 1.82) is 0 Å². The smallest absolute Gasteiger partial charge is 0.260 e. The Hall–Kier alpha value is -1.60. The number of benzene rings is 1. The Labute approximate surface area is 144 Å². The highest BCUT2D eigenvalue weighted by molar-refractivity contribution is 7.88. The third-order valence-corrected chi connectivity index (χ3v) is 5.06. The van der Waals surface area contributed by atoms with Crippen molar-refractivity contribution in [2.45, 2.75) is 39.2 Å². The average molecular weight is 354 g/mol. The van der Waals surface area contributed by atoms with Crippen LogP contribution in [-0.2, 0) is 14.8 Å². The number of rotatable bonds is 6. The Bertz CT molecular complexity index is 688. The molecule has 1 heterocycles. The van der Waals surface area contributed by atoms with E-state index in [-0.39, 0.29) is 25.1 Å². The fourth-order valence-corrected chi connectivity index (χ4v) is 3.32. The van der Waals surface area contributed by atoms with Gasteiger partial charge in [-0.1, -0.05) is 6.07 Å². The van der Waals surface area contributed by atoms with E-state index in [0.29, 0.717) is 12.3 Å². The third-order valence-electron chi connectivity index (χ3n) is 4.37. The lowest BCUT2D eigenvalue weighted by Gasteiger charge is -2.35. The van der Waals surface area contributed by atoms with Crippen molar-refractivity contribution in [3.63, 3.8) is 0 Å². The molecule has 1 fully saturated rings. The van der Waals surface area contributed by atoms with Gasteiger partial charge in [-0.2, -0.15) is 0 Å². The first-order valence-electron chi connectivity index (χ1n) is 8.20. The molecule has 1 saturated heterocycles. The molecular weight excluding hydrogens is 328 g/mol. The van der Waals surface area contributed by atoms with E-state index in [4.69, 9.17) is 4.74 Å². The van der Waals surface area contributed by atoms with Crippen LogP contribution in [0.25, 0.3) is 0 Å². The molecule has 0 saturated carbocycles. The number of likely N-dealkylation sites (tertiary alicyclic amines) is 1. The van der Waals surface area contributed by atoms with Crippen LogP contribution in [0, 0.1) is 13.8 Å². The van der Waals surface area contributed by atoms with Gasteiger partial charge in [0.15, 0.2) is 6.61 Å². The summed E-state index contributed by atoms with van der Waals surface area (Å²) in [5.74, 6) is 0.572. The number of piperidine rings is 1. The number of aryl methyl sites for hydroxylation is 2. The van der Waals surface area contributed by atoms with Crippen molar-refractivity contribution in [3.8, 4) is 5.75 Å². The van der Waals surface area contributed by atoms with E-state index >= 15 is 0 Å². The first-order valence-corrected chi connectivity index (χ1v) is 10.1. The SMILES string of the molecule is Cc1ccc(OCC(=O)N2CCCC[C@H]2CNS(C)(=O)=O)cc1C. The molecule has 0 radical (unpaired) electrons. The van der Waals surface area contributed by atoms with Gasteiger partial charge in [0.25, 0.3) is 5.91 Å². The molecule has 0 bridgehead atoms. The lowest BCUT2D eigenvalue weighted by Crippen LogP contribution is -2.50. The van der Waals surface area contributed by atoms with Gasteiger partial charge in [0.2, 0.25) is 10.0 Å². The Morgan fingerprint density at radius 2 is 2.04 bits per heavy atom. The minimum atomic E-state index is -3.26. The van der Waals surface area contributed by atoms with Crippen molar-refractivity contribution in [3.05, 3.63) is 29.3 Å². The number of carbonyl (C=O) groups is 1. The van der Waals surface area contributed by atoms with Crippen LogP contribution in [0.3, 0.4) is 0 Å². The van der Waals surface area contributed by atoms with Crippen LogP contribution < -0.4 is 9.46 Å². The second-order valence-electron chi connectivity index (χ2n) is 6.39. The summed E-state index contributed by atoms with van der Waals surface area (Å²) in [4.78, 5) is 14.2. The highest BCUT2D eigenvalue weighted by Gasteiger charge is 2.27. The summed E-state index contributed by atoms with van der Waals surface area (Å²) in [6.07, 6.45) is 3.87. The largest absolute Gasteiger partial charge is 0.484 e. The van der Waals surface area contributed by atoms with Crippen molar-refractivity contribution in [1.82, 2.24) is 9.62 Å². The van der Waals surface area contributed by atoms with Gasteiger partial charge in [-0.25, -0.2) is 13.1 Å². The monoisotopic (exact) mass is 354 g/mol. The Morgan fingerprint density at radius 1 is 1.29 bits per heavy atom. The van der Waals surface area contributed by atoms with Crippen LogP contribution in [0.1, 0.15) is 30.4 Å². The Balaban J connectivity index is 1.94. The molecule has 1 aliphatic rings. The number of carbonyl (C=O) groups excluding carboxylic acids is 1. The highest BCUT2D eigenvalue weighted by Crippen LogP contribution is 2.19.